The third kappa shape index (κ3) is 8.82. The van der Waals surface area contributed by atoms with E-state index in [2.05, 4.69) is 21.3 Å². The van der Waals surface area contributed by atoms with Gasteiger partial charge in [0.25, 0.3) is 11.8 Å². The third-order valence-corrected chi connectivity index (χ3v) is 5.83. The van der Waals surface area contributed by atoms with Gasteiger partial charge in [-0.2, -0.15) is 0 Å². The average molecular weight is 557 g/mol. The normalized spacial score (nSPS) is 10.4. The highest BCUT2D eigenvalue weighted by Crippen LogP contribution is 2.17. The van der Waals surface area contributed by atoms with Crippen LogP contribution in [-0.2, 0) is 9.59 Å². The van der Waals surface area contributed by atoms with Gasteiger partial charge in [-0.05, 0) is 91.3 Å². The summed E-state index contributed by atoms with van der Waals surface area (Å²) in [6, 6.07) is 23.4. The molecule has 0 bridgehead atoms. The van der Waals surface area contributed by atoms with E-state index in [9.17, 15) is 28.0 Å². The largest absolute Gasteiger partial charge is 0.326 e. The zero-order valence-corrected chi connectivity index (χ0v) is 21.7. The van der Waals surface area contributed by atoms with E-state index < -0.39 is 23.4 Å². The van der Waals surface area contributed by atoms with E-state index in [-0.39, 0.29) is 31.1 Å². The second-order valence-electron chi connectivity index (χ2n) is 9.03. The van der Waals surface area contributed by atoms with Crippen molar-refractivity contribution in [2.24, 2.45) is 0 Å². The van der Waals surface area contributed by atoms with Crippen molar-refractivity contribution >= 4 is 46.4 Å². The second-order valence-corrected chi connectivity index (χ2v) is 9.03. The molecule has 0 aliphatic heterocycles. The summed E-state index contributed by atoms with van der Waals surface area (Å²) in [6.07, 6.45) is 0.409. The monoisotopic (exact) mass is 556 g/mol. The van der Waals surface area contributed by atoms with Crippen molar-refractivity contribution in [1.82, 2.24) is 0 Å². The summed E-state index contributed by atoms with van der Waals surface area (Å²) in [7, 11) is 0. The number of amides is 4. The number of hydrogen-bond acceptors (Lipinski definition) is 4. The molecule has 0 radical (unpaired) electrons. The van der Waals surface area contributed by atoms with E-state index in [1.807, 2.05) is 0 Å². The standard InChI is InChI=1S/C31H26F2N4O4/c32-22-10-14-24(15-11-22)36-30(40)20-4-1-6-26(18-20)34-28(38)8-3-9-29(39)35-27-7-2-5-21(19-27)31(41)37-25-16-12-23(33)13-17-25/h1-2,4-7,10-19H,3,8-9H2,(H,34,38)(H,35,39)(H,36,40)(H,37,41). The maximum atomic E-state index is 13.1. The molecule has 0 unspecified atom stereocenters. The fourth-order valence-electron chi connectivity index (χ4n) is 3.81. The summed E-state index contributed by atoms with van der Waals surface area (Å²) in [5, 5.41) is 10.7. The molecule has 0 saturated heterocycles. The van der Waals surface area contributed by atoms with Crippen LogP contribution in [0.25, 0.3) is 0 Å². The maximum Gasteiger partial charge on any atom is 0.255 e. The van der Waals surface area contributed by atoms with Gasteiger partial charge in [-0.1, -0.05) is 12.1 Å². The van der Waals surface area contributed by atoms with Crippen molar-refractivity contribution in [3.05, 3.63) is 120 Å². The van der Waals surface area contributed by atoms with Gasteiger partial charge in [0.15, 0.2) is 0 Å². The van der Waals surface area contributed by atoms with Crippen LogP contribution in [0.1, 0.15) is 40.0 Å². The lowest BCUT2D eigenvalue weighted by Crippen LogP contribution is -2.16. The van der Waals surface area contributed by atoms with Gasteiger partial charge < -0.3 is 21.3 Å². The Hall–Kier alpha value is -5.38. The van der Waals surface area contributed by atoms with E-state index in [1.54, 1.807) is 36.4 Å². The number of carbonyl (C=O) groups is 4. The molecule has 0 aromatic heterocycles. The number of benzene rings is 4. The Morgan fingerprint density at radius 3 is 1.27 bits per heavy atom. The van der Waals surface area contributed by atoms with Crippen LogP contribution >= 0.6 is 0 Å². The Balaban J connectivity index is 1.22. The number of carbonyl (C=O) groups excluding carboxylic acids is 4. The van der Waals surface area contributed by atoms with Crippen molar-refractivity contribution in [2.45, 2.75) is 19.3 Å². The summed E-state index contributed by atoms with van der Waals surface area (Å²) in [4.78, 5) is 49.8. The molecule has 4 aromatic rings. The van der Waals surface area contributed by atoms with Gasteiger partial charge in [0.05, 0.1) is 0 Å². The zero-order chi connectivity index (χ0) is 29.2. The van der Waals surface area contributed by atoms with Gasteiger partial charge >= 0.3 is 0 Å². The van der Waals surface area contributed by atoms with Crippen molar-refractivity contribution in [3.63, 3.8) is 0 Å². The molecule has 4 rings (SSSR count). The zero-order valence-electron chi connectivity index (χ0n) is 21.7. The Morgan fingerprint density at radius 2 is 0.878 bits per heavy atom. The number of rotatable bonds is 10. The number of nitrogens with one attached hydrogen (secondary N) is 4. The van der Waals surface area contributed by atoms with Gasteiger partial charge in [-0.3, -0.25) is 19.2 Å². The molecule has 0 atom stereocenters. The molecule has 10 heteroatoms. The fraction of sp³-hybridized carbons (Fsp3) is 0.0968. The van der Waals surface area contributed by atoms with E-state index in [1.165, 1.54) is 60.7 Å². The van der Waals surface area contributed by atoms with Crippen molar-refractivity contribution in [3.8, 4) is 0 Å². The Bertz CT molecular complexity index is 1440. The average Bonchev–Trinajstić information content (AvgIpc) is 2.95. The summed E-state index contributed by atoms with van der Waals surface area (Å²) < 4.78 is 26.1. The molecule has 4 amide bonds. The lowest BCUT2D eigenvalue weighted by molar-refractivity contribution is -0.117. The predicted molar refractivity (Wildman–Crippen MR) is 153 cm³/mol. The minimum Gasteiger partial charge on any atom is -0.326 e. The van der Waals surface area contributed by atoms with Crippen molar-refractivity contribution < 1.29 is 28.0 Å². The molecule has 0 saturated carbocycles. The van der Waals surface area contributed by atoms with Crippen molar-refractivity contribution in [1.29, 1.82) is 0 Å². The molecule has 4 aromatic carbocycles. The lowest BCUT2D eigenvalue weighted by Gasteiger charge is -2.10. The Morgan fingerprint density at radius 1 is 0.488 bits per heavy atom. The van der Waals surface area contributed by atoms with Crippen LogP contribution in [0.3, 0.4) is 0 Å². The summed E-state index contributed by atoms with van der Waals surface area (Å²) >= 11 is 0. The molecule has 0 aliphatic carbocycles. The minimum absolute atomic E-state index is 0.0690. The molecule has 208 valence electrons. The highest BCUT2D eigenvalue weighted by Gasteiger charge is 2.11. The number of anilines is 4. The van der Waals surface area contributed by atoms with Crippen LogP contribution in [0, 0.1) is 11.6 Å². The molecule has 41 heavy (non-hydrogen) atoms. The summed E-state index contributed by atoms with van der Waals surface area (Å²) in [6.45, 7) is 0. The van der Waals surface area contributed by atoms with Crippen LogP contribution in [0.2, 0.25) is 0 Å². The number of halogens is 2. The first kappa shape index (κ1) is 28.6. The smallest absolute Gasteiger partial charge is 0.255 e. The maximum absolute atomic E-state index is 13.1. The summed E-state index contributed by atoms with van der Waals surface area (Å²) in [5.41, 5.74) is 2.32. The Kier molecular flexibility index (Phi) is 9.50. The third-order valence-electron chi connectivity index (χ3n) is 5.83. The van der Waals surface area contributed by atoms with Gasteiger partial charge in [0, 0.05) is 46.7 Å². The second kappa shape index (κ2) is 13.6. The minimum atomic E-state index is -0.415. The van der Waals surface area contributed by atoms with Crippen LogP contribution in [0.5, 0.6) is 0 Å². The van der Waals surface area contributed by atoms with Gasteiger partial charge in [0.1, 0.15) is 11.6 Å². The molecular weight excluding hydrogens is 530 g/mol. The highest BCUT2D eigenvalue weighted by molar-refractivity contribution is 6.06. The van der Waals surface area contributed by atoms with E-state index in [0.29, 0.717) is 33.9 Å². The quantitative estimate of drug-likeness (QED) is 0.186. The molecule has 0 spiro atoms. The topological polar surface area (TPSA) is 116 Å². The first-order valence-electron chi connectivity index (χ1n) is 12.7. The summed E-state index contributed by atoms with van der Waals surface area (Å²) in [5.74, 6) is -2.31. The first-order valence-corrected chi connectivity index (χ1v) is 12.7. The predicted octanol–water partition coefficient (Wildman–Crippen LogP) is 6.22. The molecule has 0 aliphatic rings. The highest BCUT2D eigenvalue weighted by atomic mass is 19.1. The first-order chi connectivity index (χ1) is 19.7. The number of hydrogen-bond donors (Lipinski definition) is 4. The Labute approximate surface area is 234 Å². The lowest BCUT2D eigenvalue weighted by atomic mass is 10.1. The van der Waals surface area contributed by atoms with E-state index in [4.69, 9.17) is 0 Å². The van der Waals surface area contributed by atoms with Gasteiger partial charge in [-0.25, -0.2) is 8.78 Å². The molecule has 0 fully saturated rings. The van der Waals surface area contributed by atoms with Crippen LogP contribution in [-0.4, -0.2) is 23.6 Å². The van der Waals surface area contributed by atoms with E-state index >= 15 is 0 Å². The van der Waals surface area contributed by atoms with Crippen LogP contribution in [0.4, 0.5) is 31.5 Å². The van der Waals surface area contributed by atoms with E-state index in [0.717, 1.165) is 0 Å². The molecule has 4 N–H and O–H groups in total. The molecular formula is C31H26F2N4O4. The van der Waals surface area contributed by atoms with Gasteiger partial charge in [0.2, 0.25) is 11.8 Å². The fourth-order valence-corrected chi connectivity index (χ4v) is 3.81. The molecule has 8 nitrogen and oxygen atoms in total. The molecule has 0 heterocycles. The van der Waals surface area contributed by atoms with Gasteiger partial charge in [-0.15, -0.1) is 0 Å². The van der Waals surface area contributed by atoms with Crippen molar-refractivity contribution in [2.75, 3.05) is 21.3 Å². The van der Waals surface area contributed by atoms with Crippen LogP contribution in [0.15, 0.2) is 97.1 Å². The van der Waals surface area contributed by atoms with Crippen LogP contribution < -0.4 is 21.3 Å². The SMILES string of the molecule is O=C(CCCC(=O)Nc1cccc(C(=O)Nc2ccc(F)cc2)c1)Nc1cccc(C(=O)Nc2ccc(F)cc2)c1.